The number of nitrogens with zero attached hydrogens (tertiary/aromatic N) is 1. The minimum absolute atomic E-state index is 0.0843. The summed E-state index contributed by atoms with van der Waals surface area (Å²) in [5, 5.41) is 0. The van der Waals surface area contributed by atoms with Crippen molar-refractivity contribution in [2.75, 3.05) is 12.3 Å². The third kappa shape index (κ3) is 3.88. The van der Waals surface area contributed by atoms with Crippen molar-refractivity contribution in [2.45, 2.75) is 26.4 Å². The first kappa shape index (κ1) is 14.2. The lowest BCUT2D eigenvalue weighted by Gasteiger charge is -2.15. The fourth-order valence-corrected chi connectivity index (χ4v) is 1.82. The normalized spacial score (nSPS) is 10.6. The van der Waals surface area contributed by atoms with Gasteiger partial charge < -0.3 is 15.2 Å². The summed E-state index contributed by atoms with van der Waals surface area (Å²) in [4.78, 5) is 4.25. The maximum absolute atomic E-state index is 6.05. The van der Waals surface area contributed by atoms with Gasteiger partial charge in [0.2, 0.25) is 0 Å². The minimum Gasteiger partial charge on any atom is -0.491 e. The van der Waals surface area contributed by atoms with Crippen LogP contribution in [0.25, 0.3) is 0 Å². The standard InChI is InChI=1S/C16H20N2O2/c1-12(2)20-15-8-5-7-14(16(15)17)19-11-9-13-6-3-4-10-18-13/h3-8,10,12H,9,11,17H2,1-2H3. The van der Waals surface area contributed by atoms with Crippen LogP contribution in [0.4, 0.5) is 5.69 Å². The van der Waals surface area contributed by atoms with Gasteiger partial charge >= 0.3 is 0 Å². The van der Waals surface area contributed by atoms with Crippen LogP contribution in [0, 0.1) is 0 Å². The quantitative estimate of drug-likeness (QED) is 0.821. The number of rotatable bonds is 6. The van der Waals surface area contributed by atoms with Gasteiger partial charge in [0.25, 0.3) is 0 Å². The number of anilines is 1. The van der Waals surface area contributed by atoms with Gasteiger partial charge in [-0.15, -0.1) is 0 Å². The predicted octanol–water partition coefficient (Wildman–Crippen LogP) is 3.07. The molecule has 0 radical (unpaired) electrons. The molecule has 0 unspecified atom stereocenters. The first-order valence-electron chi connectivity index (χ1n) is 6.74. The van der Waals surface area contributed by atoms with E-state index in [9.17, 15) is 0 Å². The highest BCUT2D eigenvalue weighted by atomic mass is 16.5. The molecular formula is C16H20N2O2. The molecule has 4 heteroatoms. The fraction of sp³-hybridized carbons (Fsp3) is 0.312. The van der Waals surface area contributed by atoms with Crippen LogP contribution in [0.1, 0.15) is 19.5 Å². The van der Waals surface area contributed by atoms with Crippen LogP contribution in [0.3, 0.4) is 0 Å². The highest BCUT2D eigenvalue weighted by Crippen LogP contribution is 2.31. The van der Waals surface area contributed by atoms with E-state index >= 15 is 0 Å². The number of hydrogen-bond donors (Lipinski definition) is 1. The number of nitrogens with two attached hydrogens (primary N) is 1. The van der Waals surface area contributed by atoms with Crippen molar-refractivity contribution in [3.63, 3.8) is 0 Å². The van der Waals surface area contributed by atoms with Crippen LogP contribution < -0.4 is 15.2 Å². The van der Waals surface area contributed by atoms with Gasteiger partial charge in [-0.2, -0.15) is 0 Å². The Hall–Kier alpha value is -2.23. The summed E-state index contributed by atoms with van der Waals surface area (Å²) in [5.41, 5.74) is 7.59. The second-order valence-corrected chi connectivity index (χ2v) is 4.75. The summed E-state index contributed by atoms with van der Waals surface area (Å²) in [6, 6.07) is 11.4. The maximum atomic E-state index is 6.05. The van der Waals surface area contributed by atoms with E-state index in [0.29, 0.717) is 23.8 Å². The fourth-order valence-electron chi connectivity index (χ4n) is 1.82. The molecule has 106 valence electrons. The summed E-state index contributed by atoms with van der Waals surface area (Å²) in [7, 11) is 0. The summed E-state index contributed by atoms with van der Waals surface area (Å²) in [5.74, 6) is 1.31. The van der Waals surface area contributed by atoms with Crippen LogP contribution in [-0.4, -0.2) is 17.7 Å². The molecule has 2 N–H and O–H groups in total. The predicted molar refractivity (Wildman–Crippen MR) is 80.1 cm³/mol. The van der Waals surface area contributed by atoms with Crippen LogP contribution in [0.15, 0.2) is 42.6 Å². The van der Waals surface area contributed by atoms with Crippen LogP contribution in [-0.2, 0) is 6.42 Å². The number of pyridine rings is 1. The van der Waals surface area contributed by atoms with E-state index in [1.54, 1.807) is 6.20 Å². The summed E-state index contributed by atoms with van der Waals surface area (Å²) < 4.78 is 11.4. The Labute approximate surface area is 119 Å². The van der Waals surface area contributed by atoms with E-state index in [0.717, 1.165) is 12.1 Å². The van der Waals surface area contributed by atoms with E-state index in [4.69, 9.17) is 15.2 Å². The molecule has 2 rings (SSSR count). The van der Waals surface area contributed by atoms with Gasteiger partial charge in [0.15, 0.2) is 0 Å². The van der Waals surface area contributed by atoms with Gasteiger partial charge in [-0.1, -0.05) is 12.1 Å². The van der Waals surface area contributed by atoms with Gasteiger partial charge in [0.1, 0.15) is 17.2 Å². The van der Waals surface area contributed by atoms with Crippen molar-refractivity contribution in [1.29, 1.82) is 0 Å². The molecule has 0 bridgehead atoms. The van der Waals surface area contributed by atoms with Gasteiger partial charge in [-0.05, 0) is 38.1 Å². The molecule has 0 aliphatic carbocycles. The Morgan fingerprint density at radius 1 is 1.10 bits per heavy atom. The molecule has 0 atom stereocenters. The molecule has 0 saturated carbocycles. The number of benzene rings is 1. The summed E-state index contributed by atoms with van der Waals surface area (Å²) in [6.45, 7) is 4.47. The van der Waals surface area contributed by atoms with Crippen LogP contribution in [0.2, 0.25) is 0 Å². The Bertz CT molecular complexity index is 541. The second-order valence-electron chi connectivity index (χ2n) is 4.75. The second kappa shape index (κ2) is 6.80. The Balaban J connectivity index is 1.96. The lowest BCUT2D eigenvalue weighted by Crippen LogP contribution is -2.09. The van der Waals surface area contributed by atoms with Crippen molar-refractivity contribution in [1.82, 2.24) is 4.98 Å². The molecule has 0 aliphatic heterocycles. The van der Waals surface area contributed by atoms with Crippen molar-refractivity contribution >= 4 is 5.69 Å². The number of ether oxygens (including phenoxy) is 2. The monoisotopic (exact) mass is 272 g/mol. The van der Waals surface area contributed by atoms with Crippen LogP contribution >= 0.6 is 0 Å². The van der Waals surface area contributed by atoms with E-state index in [1.165, 1.54) is 0 Å². The van der Waals surface area contributed by atoms with Crippen molar-refractivity contribution in [3.8, 4) is 11.5 Å². The summed E-state index contributed by atoms with van der Waals surface area (Å²) >= 11 is 0. The Kier molecular flexibility index (Phi) is 4.82. The van der Waals surface area contributed by atoms with E-state index in [-0.39, 0.29) is 6.10 Å². The zero-order chi connectivity index (χ0) is 14.4. The van der Waals surface area contributed by atoms with Crippen molar-refractivity contribution < 1.29 is 9.47 Å². The first-order chi connectivity index (χ1) is 9.66. The van der Waals surface area contributed by atoms with Crippen molar-refractivity contribution in [3.05, 3.63) is 48.3 Å². The molecule has 20 heavy (non-hydrogen) atoms. The third-order valence-electron chi connectivity index (χ3n) is 2.73. The number of nitrogen functional groups attached to an aromatic ring is 1. The lowest BCUT2D eigenvalue weighted by atomic mass is 10.2. The Morgan fingerprint density at radius 3 is 2.60 bits per heavy atom. The molecule has 0 fully saturated rings. The van der Waals surface area contributed by atoms with Gasteiger partial charge in [-0.25, -0.2) is 0 Å². The Morgan fingerprint density at radius 2 is 1.90 bits per heavy atom. The summed E-state index contributed by atoms with van der Waals surface area (Å²) in [6.07, 6.45) is 2.61. The zero-order valence-electron chi connectivity index (χ0n) is 11.9. The van der Waals surface area contributed by atoms with Gasteiger partial charge in [-0.3, -0.25) is 4.98 Å². The van der Waals surface area contributed by atoms with Gasteiger partial charge in [0.05, 0.1) is 12.7 Å². The number of hydrogen-bond acceptors (Lipinski definition) is 4. The SMILES string of the molecule is CC(C)Oc1cccc(OCCc2ccccn2)c1N. The molecule has 1 aromatic heterocycles. The molecule has 1 aromatic carbocycles. The molecule has 0 aliphatic rings. The minimum atomic E-state index is 0.0843. The molecule has 0 saturated heterocycles. The smallest absolute Gasteiger partial charge is 0.146 e. The third-order valence-corrected chi connectivity index (χ3v) is 2.73. The lowest BCUT2D eigenvalue weighted by molar-refractivity contribution is 0.242. The molecule has 4 nitrogen and oxygen atoms in total. The van der Waals surface area contributed by atoms with E-state index < -0.39 is 0 Å². The van der Waals surface area contributed by atoms with E-state index in [1.807, 2.05) is 50.2 Å². The first-order valence-corrected chi connectivity index (χ1v) is 6.74. The van der Waals surface area contributed by atoms with E-state index in [2.05, 4.69) is 4.98 Å². The highest BCUT2D eigenvalue weighted by Gasteiger charge is 2.08. The average molecular weight is 272 g/mol. The molecule has 0 amide bonds. The molecule has 0 spiro atoms. The number of para-hydroxylation sites is 1. The molecule has 2 aromatic rings. The number of aromatic nitrogens is 1. The maximum Gasteiger partial charge on any atom is 0.146 e. The zero-order valence-corrected chi connectivity index (χ0v) is 11.9. The van der Waals surface area contributed by atoms with Crippen LogP contribution in [0.5, 0.6) is 11.5 Å². The van der Waals surface area contributed by atoms with Gasteiger partial charge in [0, 0.05) is 18.3 Å². The largest absolute Gasteiger partial charge is 0.491 e. The molecule has 1 heterocycles. The van der Waals surface area contributed by atoms with Crippen molar-refractivity contribution in [2.24, 2.45) is 0 Å². The average Bonchev–Trinajstić information content (AvgIpc) is 2.43. The molecular weight excluding hydrogens is 252 g/mol. The highest BCUT2D eigenvalue weighted by molar-refractivity contribution is 5.62. The topological polar surface area (TPSA) is 57.4 Å².